The van der Waals surface area contributed by atoms with Crippen LogP contribution in [0.4, 0.5) is 0 Å². The Kier molecular flexibility index (Phi) is 8.73. The summed E-state index contributed by atoms with van der Waals surface area (Å²) in [6.07, 6.45) is 2.20. The number of carbonyl (C=O) groups excluding carboxylic acids is 1. The minimum absolute atomic E-state index is 0. The SMILES string of the molecule is Cc1cc(C)c(S(=O)(=O)NCCC(=O)NCC2(C)CCNCC2)c(C)c1.Cl. The lowest BCUT2D eigenvalue weighted by Gasteiger charge is -2.34. The van der Waals surface area contributed by atoms with Crippen molar-refractivity contribution in [1.82, 2.24) is 15.4 Å². The van der Waals surface area contributed by atoms with Gasteiger partial charge in [-0.15, -0.1) is 12.4 Å². The Labute approximate surface area is 169 Å². The molecule has 27 heavy (non-hydrogen) atoms. The molecule has 1 aromatic carbocycles. The van der Waals surface area contributed by atoms with Gasteiger partial charge in [-0.1, -0.05) is 24.6 Å². The molecule has 0 bridgehead atoms. The molecule has 0 radical (unpaired) electrons. The van der Waals surface area contributed by atoms with Crippen LogP contribution in [0, 0.1) is 26.2 Å². The fraction of sp³-hybridized carbons (Fsp3) is 0.632. The molecule has 1 fully saturated rings. The molecule has 1 amide bonds. The van der Waals surface area contributed by atoms with Gasteiger partial charge >= 0.3 is 0 Å². The molecule has 0 spiro atoms. The van der Waals surface area contributed by atoms with Crippen LogP contribution in [-0.4, -0.2) is 40.5 Å². The summed E-state index contributed by atoms with van der Waals surface area (Å²) in [5.74, 6) is -0.121. The largest absolute Gasteiger partial charge is 0.356 e. The number of aryl methyl sites for hydroxylation is 3. The number of hydrogen-bond acceptors (Lipinski definition) is 4. The second-order valence-electron chi connectivity index (χ2n) is 7.71. The monoisotopic (exact) mass is 417 g/mol. The van der Waals surface area contributed by atoms with Crippen molar-refractivity contribution >= 4 is 28.3 Å². The van der Waals surface area contributed by atoms with Crippen molar-refractivity contribution in [3.8, 4) is 0 Å². The predicted molar refractivity (Wildman–Crippen MR) is 111 cm³/mol. The molecule has 3 N–H and O–H groups in total. The molecule has 2 rings (SSSR count). The van der Waals surface area contributed by atoms with E-state index in [0.29, 0.717) is 11.4 Å². The van der Waals surface area contributed by atoms with E-state index in [2.05, 4.69) is 22.3 Å². The Morgan fingerprint density at radius 1 is 1.15 bits per heavy atom. The number of rotatable bonds is 7. The molecule has 0 unspecified atom stereocenters. The zero-order valence-electron chi connectivity index (χ0n) is 16.6. The minimum atomic E-state index is -3.62. The summed E-state index contributed by atoms with van der Waals surface area (Å²) in [4.78, 5) is 12.4. The maximum Gasteiger partial charge on any atom is 0.241 e. The predicted octanol–water partition coefficient (Wildman–Crippen LogP) is 2.21. The number of halogens is 1. The number of nitrogens with one attached hydrogen (secondary N) is 3. The molecule has 1 aliphatic rings. The molecule has 8 heteroatoms. The third kappa shape index (κ3) is 6.75. The zero-order valence-corrected chi connectivity index (χ0v) is 18.3. The van der Waals surface area contributed by atoms with Gasteiger partial charge in [-0.3, -0.25) is 4.79 Å². The molecule has 154 valence electrons. The smallest absolute Gasteiger partial charge is 0.241 e. The van der Waals surface area contributed by atoms with E-state index in [1.165, 1.54) is 0 Å². The number of sulfonamides is 1. The highest BCUT2D eigenvalue weighted by atomic mass is 35.5. The Balaban J connectivity index is 0.00000364. The molecular weight excluding hydrogens is 386 g/mol. The Morgan fingerprint density at radius 2 is 1.70 bits per heavy atom. The summed E-state index contributed by atoms with van der Waals surface area (Å²) in [7, 11) is -3.62. The van der Waals surface area contributed by atoms with Crippen molar-refractivity contribution in [2.75, 3.05) is 26.2 Å². The van der Waals surface area contributed by atoms with Crippen molar-refractivity contribution in [3.05, 3.63) is 28.8 Å². The van der Waals surface area contributed by atoms with E-state index in [1.54, 1.807) is 13.8 Å². The van der Waals surface area contributed by atoms with E-state index < -0.39 is 10.0 Å². The van der Waals surface area contributed by atoms with E-state index in [0.717, 1.165) is 42.6 Å². The molecule has 0 aliphatic carbocycles. The molecule has 0 saturated carbocycles. The van der Waals surface area contributed by atoms with Gasteiger partial charge in [0.2, 0.25) is 15.9 Å². The molecule has 1 saturated heterocycles. The van der Waals surface area contributed by atoms with Crippen molar-refractivity contribution < 1.29 is 13.2 Å². The Bertz CT molecular complexity index is 736. The molecule has 0 aromatic heterocycles. The van der Waals surface area contributed by atoms with Crippen molar-refractivity contribution in [2.45, 2.75) is 51.9 Å². The van der Waals surface area contributed by atoms with Crippen LogP contribution < -0.4 is 15.4 Å². The van der Waals surface area contributed by atoms with E-state index in [4.69, 9.17) is 0 Å². The van der Waals surface area contributed by atoms with Gasteiger partial charge in [0, 0.05) is 19.5 Å². The van der Waals surface area contributed by atoms with Crippen LogP contribution in [0.25, 0.3) is 0 Å². The van der Waals surface area contributed by atoms with Crippen LogP contribution in [0.1, 0.15) is 42.9 Å². The Hall–Kier alpha value is -1.15. The quantitative estimate of drug-likeness (QED) is 0.634. The van der Waals surface area contributed by atoms with Crippen LogP contribution >= 0.6 is 12.4 Å². The van der Waals surface area contributed by atoms with E-state index in [1.807, 2.05) is 19.1 Å². The van der Waals surface area contributed by atoms with Crippen molar-refractivity contribution in [1.29, 1.82) is 0 Å². The fourth-order valence-corrected chi connectivity index (χ4v) is 5.05. The summed E-state index contributed by atoms with van der Waals surface area (Å²) >= 11 is 0. The van der Waals surface area contributed by atoms with Crippen LogP contribution in [0.3, 0.4) is 0 Å². The van der Waals surface area contributed by atoms with E-state index in [-0.39, 0.29) is 36.7 Å². The average molecular weight is 418 g/mol. The highest BCUT2D eigenvalue weighted by Gasteiger charge is 2.27. The van der Waals surface area contributed by atoms with Gasteiger partial charge in [0.15, 0.2) is 0 Å². The standard InChI is InChI=1S/C19H31N3O3S.ClH/c1-14-11-15(2)18(16(3)12-14)26(24,25)22-8-5-17(23)21-13-19(4)6-9-20-10-7-19;/h11-12,20,22H,5-10,13H2,1-4H3,(H,21,23);1H. The lowest BCUT2D eigenvalue weighted by atomic mass is 9.81. The van der Waals surface area contributed by atoms with Crippen LogP contribution in [0.5, 0.6) is 0 Å². The van der Waals surface area contributed by atoms with Crippen LogP contribution in [0.2, 0.25) is 0 Å². The maximum absolute atomic E-state index is 12.6. The fourth-order valence-electron chi connectivity index (χ4n) is 3.57. The highest BCUT2D eigenvalue weighted by Crippen LogP contribution is 2.26. The summed E-state index contributed by atoms with van der Waals surface area (Å²) in [5.41, 5.74) is 2.59. The number of amides is 1. The maximum atomic E-state index is 12.6. The minimum Gasteiger partial charge on any atom is -0.356 e. The first-order chi connectivity index (χ1) is 12.1. The van der Waals surface area contributed by atoms with Gasteiger partial charge < -0.3 is 10.6 Å². The normalized spacial score (nSPS) is 16.4. The first-order valence-corrected chi connectivity index (χ1v) is 10.7. The summed E-state index contributed by atoms with van der Waals surface area (Å²) in [5, 5.41) is 6.26. The molecule has 0 atom stereocenters. The number of carbonyl (C=O) groups is 1. The van der Waals surface area contributed by atoms with Gasteiger partial charge in [0.25, 0.3) is 0 Å². The number of piperidine rings is 1. The van der Waals surface area contributed by atoms with E-state index in [9.17, 15) is 13.2 Å². The number of benzene rings is 1. The summed E-state index contributed by atoms with van der Waals surface area (Å²) < 4.78 is 27.7. The molecule has 1 aromatic rings. The lowest BCUT2D eigenvalue weighted by Crippen LogP contribution is -2.43. The Morgan fingerprint density at radius 3 is 2.26 bits per heavy atom. The molecule has 6 nitrogen and oxygen atoms in total. The first-order valence-electron chi connectivity index (χ1n) is 9.18. The molecule has 1 heterocycles. The third-order valence-electron chi connectivity index (χ3n) is 5.04. The zero-order chi connectivity index (χ0) is 19.4. The molecule has 1 aliphatic heterocycles. The van der Waals surface area contributed by atoms with Crippen molar-refractivity contribution in [3.63, 3.8) is 0 Å². The van der Waals surface area contributed by atoms with Gasteiger partial charge in [-0.05, 0) is 63.2 Å². The summed E-state index contributed by atoms with van der Waals surface area (Å²) in [6, 6.07) is 3.71. The van der Waals surface area contributed by atoms with Gasteiger partial charge in [0.1, 0.15) is 0 Å². The highest BCUT2D eigenvalue weighted by molar-refractivity contribution is 7.89. The van der Waals surface area contributed by atoms with Crippen molar-refractivity contribution in [2.24, 2.45) is 5.41 Å². The average Bonchev–Trinajstić information content (AvgIpc) is 2.52. The topological polar surface area (TPSA) is 87.3 Å². The van der Waals surface area contributed by atoms with E-state index >= 15 is 0 Å². The second-order valence-corrected chi connectivity index (χ2v) is 9.42. The van der Waals surface area contributed by atoms with Gasteiger partial charge in [-0.25, -0.2) is 13.1 Å². The summed E-state index contributed by atoms with van der Waals surface area (Å²) in [6.45, 7) is 10.4. The van der Waals surface area contributed by atoms with Gasteiger partial charge in [0.05, 0.1) is 4.90 Å². The second kappa shape index (κ2) is 9.87. The lowest BCUT2D eigenvalue weighted by molar-refractivity contribution is -0.121. The van der Waals surface area contributed by atoms with Crippen LogP contribution in [0.15, 0.2) is 17.0 Å². The third-order valence-corrected chi connectivity index (χ3v) is 6.81. The number of hydrogen-bond donors (Lipinski definition) is 3. The van der Waals surface area contributed by atoms with Crippen LogP contribution in [-0.2, 0) is 14.8 Å². The molecular formula is C19H32ClN3O3S. The first kappa shape index (κ1) is 23.9. The van der Waals surface area contributed by atoms with Gasteiger partial charge in [-0.2, -0.15) is 0 Å².